The molecule has 0 aliphatic heterocycles. The number of carbonyl (C=O) groups is 1. The molecule has 0 aliphatic rings. The highest BCUT2D eigenvalue weighted by molar-refractivity contribution is 5.92. The molecule has 0 N–H and O–H groups in total. The number of methoxy groups -OCH3 is 1. The Labute approximate surface area is 93.4 Å². The van der Waals surface area contributed by atoms with Crippen molar-refractivity contribution in [1.82, 2.24) is 10.1 Å². The summed E-state index contributed by atoms with van der Waals surface area (Å²) in [6.07, 6.45) is 0. The second kappa shape index (κ2) is 5.88. The minimum atomic E-state index is -0.310. The molecule has 0 unspecified atom stereocenters. The van der Waals surface area contributed by atoms with E-state index in [1.807, 2.05) is 6.07 Å². The van der Waals surface area contributed by atoms with Crippen LogP contribution in [0.25, 0.3) is 0 Å². The molecular weight excluding hydrogens is 210 g/mol. The summed E-state index contributed by atoms with van der Waals surface area (Å²) in [4.78, 5) is 13.2. The lowest BCUT2D eigenvalue weighted by Gasteiger charge is -2.14. The normalized spacial score (nSPS) is 9.81. The molecule has 0 atom stereocenters. The molecule has 0 saturated carbocycles. The lowest BCUT2D eigenvalue weighted by atomic mass is 10.3. The van der Waals surface area contributed by atoms with Crippen molar-refractivity contribution in [3.63, 3.8) is 0 Å². The van der Waals surface area contributed by atoms with Crippen LogP contribution in [0.1, 0.15) is 23.2 Å². The Morgan fingerprint density at radius 2 is 2.50 bits per heavy atom. The van der Waals surface area contributed by atoms with Gasteiger partial charge < -0.3 is 14.2 Å². The molecule has 0 aromatic carbocycles. The molecule has 0 aliphatic carbocycles. The monoisotopic (exact) mass is 223 g/mol. The van der Waals surface area contributed by atoms with Crippen molar-refractivity contribution in [1.29, 1.82) is 5.26 Å². The van der Waals surface area contributed by atoms with E-state index in [1.54, 1.807) is 6.92 Å². The molecule has 0 saturated heterocycles. The smallest absolute Gasteiger partial charge is 0.276 e. The van der Waals surface area contributed by atoms with Crippen molar-refractivity contribution in [3.8, 4) is 6.07 Å². The molecule has 6 nitrogen and oxygen atoms in total. The lowest BCUT2D eigenvalue weighted by molar-refractivity contribution is 0.0773. The average Bonchev–Trinajstić information content (AvgIpc) is 2.74. The molecule has 1 rings (SSSR count). The van der Waals surface area contributed by atoms with Crippen LogP contribution in [0.15, 0.2) is 10.6 Å². The molecule has 0 spiro atoms. The lowest BCUT2D eigenvalue weighted by Crippen LogP contribution is -2.31. The second-order valence-corrected chi connectivity index (χ2v) is 3.09. The van der Waals surface area contributed by atoms with Crippen LogP contribution in [0.4, 0.5) is 0 Å². The Morgan fingerprint density at radius 3 is 3.06 bits per heavy atom. The molecule has 1 amide bonds. The third kappa shape index (κ3) is 2.81. The van der Waals surface area contributed by atoms with Gasteiger partial charge in [0.25, 0.3) is 5.91 Å². The van der Waals surface area contributed by atoms with Gasteiger partial charge in [-0.15, -0.1) is 0 Å². The number of nitriles is 1. The number of amides is 1. The summed E-state index contributed by atoms with van der Waals surface area (Å²) in [5.41, 5.74) is 0.198. The molecule has 0 bridgehead atoms. The van der Waals surface area contributed by atoms with Crippen LogP contribution in [0.5, 0.6) is 0 Å². The quantitative estimate of drug-likeness (QED) is 0.690. The van der Waals surface area contributed by atoms with Crippen molar-refractivity contribution in [2.75, 3.05) is 20.2 Å². The number of hydrogen-bond donors (Lipinski definition) is 0. The Balaban J connectivity index is 2.75. The molecule has 86 valence electrons. The van der Waals surface area contributed by atoms with E-state index in [0.29, 0.717) is 12.3 Å². The molecule has 6 heteroatoms. The Bertz CT molecular complexity index is 394. The van der Waals surface area contributed by atoms with Crippen molar-refractivity contribution in [3.05, 3.63) is 17.5 Å². The van der Waals surface area contributed by atoms with E-state index in [0.717, 1.165) is 0 Å². The summed E-state index contributed by atoms with van der Waals surface area (Å²) in [5.74, 6) is 0.175. The van der Waals surface area contributed by atoms with Gasteiger partial charge in [-0.05, 0) is 6.92 Å². The zero-order valence-corrected chi connectivity index (χ0v) is 9.27. The molecule has 1 aromatic rings. The Kier molecular flexibility index (Phi) is 4.48. The third-order valence-corrected chi connectivity index (χ3v) is 2.00. The SMILES string of the molecule is CCN(CC#N)C(=O)c1cc(COC)on1. The average molecular weight is 223 g/mol. The van der Waals surface area contributed by atoms with E-state index < -0.39 is 0 Å². The van der Waals surface area contributed by atoms with E-state index in [4.69, 9.17) is 14.5 Å². The van der Waals surface area contributed by atoms with E-state index in [1.165, 1.54) is 18.1 Å². The summed E-state index contributed by atoms with van der Waals surface area (Å²) in [5, 5.41) is 12.2. The highest BCUT2D eigenvalue weighted by Crippen LogP contribution is 2.07. The Morgan fingerprint density at radius 1 is 1.75 bits per heavy atom. The second-order valence-electron chi connectivity index (χ2n) is 3.09. The van der Waals surface area contributed by atoms with Crippen LogP contribution >= 0.6 is 0 Å². The van der Waals surface area contributed by atoms with Crippen LogP contribution in [0.3, 0.4) is 0 Å². The number of hydrogen-bond acceptors (Lipinski definition) is 5. The van der Waals surface area contributed by atoms with Crippen LogP contribution in [0.2, 0.25) is 0 Å². The van der Waals surface area contributed by atoms with E-state index >= 15 is 0 Å². The van der Waals surface area contributed by atoms with Gasteiger partial charge in [-0.1, -0.05) is 5.16 Å². The van der Waals surface area contributed by atoms with Crippen molar-refractivity contribution in [2.45, 2.75) is 13.5 Å². The predicted octanol–water partition coefficient (Wildman–Crippen LogP) is 0.807. The maximum atomic E-state index is 11.8. The third-order valence-electron chi connectivity index (χ3n) is 2.00. The highest BCUT2D eigenvalue weighted by atomic mass is 16.5. The van der Waals surface area contributed by atoms with Gasteiger partial charge in [0.15, 0.2) is 11.5 Å². The summed E-state index contributed by atoms with van der Waals surface area (Å²) in [6.45, 7) is 2.57. The number of nitrogens with zero attached hydrogens (tertiary/aromatic N) is 3. The Hall–Kier alpha value is -1.87. The topological polar surface area (TPSA) is 79.4 Å². The van der Waals surface area contributed by atoms with E-state index in [2.05, 4.69) is 5.16 Å². The van der Waals surface area contributed by atoms with Crippen molar-refractivity contribution >= 4 is 5.91 Å². The van der Waals surface area contributed by atoms with Crippen LogP contribution < -0.4 is 0 Å². The largest absolute Gasteiger partial charge is 0.377 e. The van der Waals surface area contributed by atoms with Crippen LogP contribution in [-0.2, 0) is 11.3 Å². The zero-order chi connectivity index (χ0) is 12.0. The van der Waals surface area contributed by atoms with Gasteiger partial charge in [0.05, 0.1) is 6.07 Å². The first-order valence-electron chi connectivity index (χ1n) is 4.83. The minimum Gasteiger partial charge on any atom is -0.377 e. The summed E-state index contributed by atoms with van der Waals surface area (Å²) < 4.78 is 9.74. The fourth-order valence-corrected chi connectivity index (χ4v) is 1.20. The highest BCUT2D eigenvalue weighted by Gasteiger charge is 2.18. The van der Waals surface area contributed by atoms with Gasteiger partial charge in [-0.3, -0.25) is 4.79 Å². The summed E-state index contributed by atoms with van der Waals surface area (Å²) in [6, 6.07) is 3.44. The molecule has 0 fully saturated rings. The number of carbonyl (C=O) groups excluding carboxylic acids is 1. The molecule has 1 heterocycles. The fourth-order valence-electron chi connectivity index (χ4n) is 1.20. The summed E-state index contributed by atoms with van der Waals surface area (Å²) >= 11 is 0. The molecular formula is C10H13N3O3. The first-order chi connectivity index (χ1) is 7.72. The summed E-state index contributed by atoms with van der Waals surface area (Å²) in [7, 11) is 1.53. The first-order valence-corrected chi connectivity index (χ1v) is 4.83. The van der Waals surface area contributed by atoms with Gasteiger partial charge >= 0.3 is 0 Å². The number of aromatic nitrogens is 1. The first kappa shape index (κ1) is 12.2. The fraction of sp³-hybridized carbons (Fsp3) is 0.500. The van der Waals surface area contributed by atoms with Gasteiger partial charge in [0.1, 0.15) is 13.2 Å². The van der Waals surface area contributed by atoms with Crippen LogP contribution in [-0.4, -0.2) is 36.2 Å². The molecule has 1 aromatic heterocycles. The van der Waals surface area contributed by atoms with E-state index in [9.17, 15) is 4.79 Å². The zero-order valence-electron chi connectivity index (χ0n) is 9.27. The molecule has 16 heavy (non-hydrogen) atoms. The maximum absolute atomic E-state index is 11.8. The standard InChI is InChI=1S/C10H13N3O3/c1-3-13(5-4-11)10(14)9-6-8(7-15-2)16-12-9/h6H,3,5,7H2,1-2H3. The predicted molar refractivity (Wildman–Crippen MR) is 54.4 cm³/mol. The van der Waals surface area contributed by atoms with Gasteiger partial charge in [0, 0.05) is 19.7 Å². The molecule has 0 radical (unpaired) electrons. The van der Waals surface area contributed by atoms with Gasteiger partial charge in [-0.2, -0.15) is 5.26 Å². The van der Waals surface area contributed by atoms with Crippen LogP contribution in [0, 0.1) is 11.3 Å². The maximum Gasteiger partial charge on any atom is 0.276 e. The minimum absolute atomic E-state index is 0.0435. The van der Waals surface area contributed by atoms with Crippen molar-refractivity contribution < 1.29 is 14.1 Å². The van der Waals surface area contributed by atoms with Crippen molar-refractivity contribution in [2.24, 2.45) is 0 Å². The number of ether oxygens (including phenoxy) is 1. The van der Waals surface area contributed by atoms with E-state index in [-0.39, 0.29) is 24.8 Å². The van der Waals surface area contributed by atoms with Gasteiger partial charge in [0.2, 0.25) is 0 Å². The van der Waals surface area contributed by atoms with Gasteiger partial charge in [-0.25, -0.2) is 0 Å². The number of rotatable bonds is 5.